The number of carbonyl (C=O) groups excluding carboxylic acids is 2. The van der Waals surface area contributed by atoms with Crippen LogP contribution in [0.4, 0.5) is 0 Å². The fraction of sp³-hybridized carbons (Fsp3) is 0.467. The van der Waals surface area contributed by atoms with E-state index in [0.29, 0.717) is 6.42 Å². The minimum Gasteiger partial charge on any atom is -0.343 e. The van der Waals surface area contributed by atoms with Crippen LogP contribution in [0, 0.1) is 0 Å². The lowest BCUT2D eigenvalue weighted by atomic mass is 10.0. The Morgan fingerprint density at radius 2 is 2.00 bits per heavy atom. The zero-order chi connectivity index (χ0) is 16.9. The second-order valence-corrected chi connectivity index (χ2v) is 7.39. The molecule has 3 N–H and O–H groups in total. The average Bonchev–Trinajstić information content (AvgIpc) is 3.00. The molecule has 0 aromatic heterocycles. The standard InChI is InChI=1S/C15H21N3O4S/c1-23(21,22)18-15(20)13(10-11-6-3-2-4-7-11)17-14(19)12-8-5-9-16-12/h2-4,6-7,12-13,16H,5,8-10H2,1H3,(H,17,19)(H,18,20)/t12-,13+/m0/s1. The molecule has 0 spiro atoms. The Balaban J connectivity index is 2.09. The topological polar surface area (TPSA) is 104 Å². The zero-order valence-corrected chi connectivity index (χ0v) is 13.7. The van der Waals surface area contributed by atoms with Gasteiger partial charge < -0.3 is 10.6 Å². The summed E-state index contributed by atoms with van der Waals surface area (Å²) in [7, 11) is -3.68. The second kappa shape index (κ2) is 7.56. The normalized spacial score (nSPS) is 19.1. The van der Waals surface area contributed by atoms with Crippen LogP contribution in [0.1, 0.15) is 18.4 Å². The van der Waals surface area contributed by atoms with Crippen molar-refractivity contribution in [2.75, 3.05) is 12.8 Å². The van der Waals surface area contributed by atoms with Crippen molar-refractivity contribution in [3.05, 3.63) is 35.9 Å². The Kier molecular flexibility index (Phi) is 5.73. The predicted octanol–water partition coefficient (Wildman–Crippen LogP) is -0.458. The van der Waals surface area contributed by atoms with Crippen LogP contribution in [0.25, 0.3) is 0 Å². The van der Waals surface area contributed by atoms with Gasteiger partial charge in [0, 0.05) is 6.42 Å². The highest BCUT2D eigenvalue weighted by Gasteiger charge is 2.28. The Hall–Kier alpha value is -1.93. The molecule has 2 rings (SSSR count). The van der Waals surface area contributed by atoms with Gasteiger partial charge in [-0.25, -0.2) is 8.42 Å². The number of nitrogens with one attached hydrogen (secondary N) is 3. The van der Waals surface area contributed by atoms with Crippen LogP contribution in [0.2, 0.25) is 0 Å². The lowest BCUT2D eigenvalue weighted by Gasteiger charge is -2.20. The molecule has 0 bridgehead atoms. The van der Waals surface area contributed by atoms with Crippen molar-refractivity contribution in [3.8, 4) is 0 Å². The SMILES string of the molecule is CS(=O)(=O)NC(=O)[C@@H](Cc1ccccc1)NC(=O)[C@@H]1CCCN1. The minimum atomic E-state index is -3.68. The summed E-state index contributed by atoms with van der Waals surface area (Å²) in [6.07, 6.45) is 2.74. The molecule has 7 nitrogen and oxygen atoms in total. The van der Waals surface area contributed by atoms with Crippen molar-refractivity contribution in [2.24, 2.45) is 0 Å². The molecule has 23 heavy (non-hydrogen) atoms. The molecule has 2 amide bonds. The molecule has 1 aliphatic heterocycles. The van der Waals surface area contributed by atoms with E-state index in [0.717, 1.165) is 24.8 Å². The van der Waals surface area contributed by atoms with Gasteiger partial charge in [-0.1, -0.05) is 30.3 Å². The predicted molar refractivity (Wildman–Crippen MR) is 86.1 cm³/mol. The Morgan fingerprint density at radius 1 is 1.30 bits per heavy atom. The molecule has 1 aromatic carbocycles. The Morgan fingerprint density at radius 3 is 2.57 bits per heavy atom. The molecule has 0 radical (unpaired) electrons. The molecule has 1 fully saturated rings. The van der Waals surface area contributed by atoms with Gasteiger partial charge in [-0.05, 0) is 24.9 Å². The van der Waals surface area contributed by atoms with Crippen molar-refractivity contribution in [3.63, 3.8) is 0 Å². The fourth-order valence-electron chi connectivity index (χ4n) is 2.49. The first-order valence-electron chi connectivity index (χ1n) is 7.44. The Bertz CT molecular complexity index is 655. The van der Waals surface area contributed by atoms with Crippen molar-refractivity contribution >= 4 is 21.8 Å². The number of benzene rings is 1. The summed E-state index contributed by atoms with van der Waals surface area (Å²) in [6.45, 7) is 0.761. The molecule has 1 aliphatic rings. The first kappa shape index (κ1) is 17.4. The van der Waals surface area contributed by atoms with E-state index in [1.54, 1.807) is 0 Å². The highest BCUT2D eigenvalue weighted by atomic mass is 32.2. The number of rotatable bonds is 6. The van der Waals surface area contributed by atoms with Gasteiger partial charge in [0.05, 0.1) is 12.3 Å². The molecular weight excluding hydrogens is 318 g/mol. The summed E-state index contributed by atoms with van der Waals surface area (Å²) in [5, 5.41) is 5.70. The van der Waals surface area contributed by atoms with Crippen LogP contribution in [0.5, 0.6) is 0 Å². The van der Waals surface area contributed by atoms with Gasteiger partial charge in [0.1, 0.15) is 6.04 Å². The van der Waals surface area contributed by atoms with Crippen LogP contribution in [-0.2, 0) is 26.0 Å². The quantitative estimate of drug-likeness (QED) is 0.651. The average molecular weight is 339 g/mol. The van der Waals surface area contributed by atoms with E-state index >= 15 is 0 Å². The lowest BCUT2D eigenvalue weighted by molar-refractivity contribution is -0.129. The Labute approximate surface area is 135 Å². The fourth-order valence-corrected chi connectivity index (χ4v) is 3.00. The summed E-state index contributed by atoms with van der Waals surface area (Å²) in [6, 6.07) is 7.85. The van der Waals surface area contributed by atoms with Crippen molar-refractivity contribution in [1.29, 1.82) is 0 Å². The van der Waals surface area contributed by atoms with Gasteiger partial charge in [-0.2, -0.15) is 0 Å². The third-order valence-corrected chi connectivity index (χ3v) is 4.15. The van der Waals surface area contributed by atoms with Gasteiger partial charge in [-0.3, -0.25) is 14.3 Å². The smallest absolute Gasteiger partial charge is 0.256 e. The maximum atomic E-state index is 12.2. The highest BCUT2D eigenvalue weighted by Crippen LogP contribution is 2.08. The largest absolute Gasteiger partial charge is 0.343 e. The van der Waals surface area contributed by atoms with Gasteiger partial charge in [0.15, 0.2) is 0 Å². The first-order valence-corrected chi connectivity index (χ1v) is 9.33. The summed E-state index contributed by atoms with van der Waals surface area (Å²) in [4.78, 5) is 24.4. The summed E-state index contributed by atoms with van der Waals surface area (Å²) in [5.41, 5.74) is 0.834. The highest BCUT2D eigenvalue weighted by molar-refractivity contribution is 7.89. The number of amides is 2. The monoisotopic (exact) mass is 339 g/mol. The summed E-state index contributed by atoms with van der Waals surface area (Å²) in [5.74, 6) is -1.02. The molecule has 126 valence electrons. The lowest BCUT2D eigenvalue weighted by Crippen LogP contribution is -2.53. The number of carbonyl (C=O) groups is 2. The molecule has 0 saturated carbocycles. The van der Waals surface area contributed by atoms with Gasteiger partial charge in [0.2, 0.25) is 15.9 Å². The van der Waals surface area contributed by atoms with Crippen molar-refractivity contribution in [2.45, 2.75) is 31.3 Å². The van der Waals surface area contributed by atoms with Crippen LogP contribution >= 0.6 is 0 Å². The van der Waals surface area contributed by atoms with Crippen molar-refractivity contribution in [1.82, 2.24) is 15.4 Å². The van der Waals surface area contributed by atoms with E-state index in [-0.39, 0.29) is 18.4 Å². The maximum Gasteiger partial charge on any atom is 0.256 e. The van der Waals surface area contributed by atoms with E-state index in [4.69, 9.17) is 0 Å². The molecule has 1 heterocycles. The van der Waals surface area contributed by atoms with E-state index < -0.39 is 22.0 Å². The zero-order valence-electron chi connectivity index (χ0n) is 12.9. The van der Waals surface area contributed by atoms with Crippen LogP contribution in [0.15, 0.2) is 30.3 Å². The van der Waals surface area contributed by atoms with Crippen LogP contribution < -0.4 is 15.4 Å². The molecule has 8 heteroatoms. The van der Waals surface area contributed by atoms with Crippen LogP contribution in [0.3, 0.4) is 0 Å². The van der Waals surface area contributed by atoms with Gasteiger partial charge >= 0.3 is 0 Å². The molecular formula is C15H21N3O4S. The van der Waals surface area contributed by atoms with E-state index in [1.165, 1.54) is 0 Å². The first-order chi connectivity index (χ1) is 10.8. The third-order valence-electron chi connectivity index (χ3n) is 3.58. The molecule has 0 unspecified atom stereocenters. The molecule has 0 aliphatic carbocycles. The van der Waals surface area contributed by atoms with E-state index in [1.807, 2.05) is 35.1 Å². The second-order valence-electron chi connectivity index (χ2n) is 5.64. The number of sulfonamides is 1. The third kappa shape index (κ3) is 5.65. The molecule has 1 saturated heterocycles. The number of hydrogen-bond donors (Lipinski definition) is 3. The minimum absolute atomic E-state index is 0.223. The van der Waals surface area contributed by atoms with E-state index in [2.05, 4.69) is 10.6 Å². The summed E-state index contributed by atoms with van der Waals surface area (Å²) >= 11 is 0. The summed E-state index contributed by atoms with van der Waals surface area (Å²) < 4.78 is 24.5. The van der Waals surface area contributed by atoms with Gasteiger partial charge in [-0.15, -0.1) is 0 Å². The van der Waals surface area contributed by atoms with Crippen LogP contribution in [-0.4, -0.2) is 45.1 Å². The van der Waals surface area contributed by atoms with Crippen molar-refractivity contribution < 1.29 is 18.0 Å². The number of hydrogen-bond acceptors (Lipinski definition) is 5. The maximum absolute atomic E-state index is 12.2. The molecule has 2 atom stereocenters. The van der Waals surface area contributed by atoms with Gasteiger partial charge in [0.25, 0.3) is 5.91 Å². The van der Waals surface area contributed by atoms with E-state index in [9.17, 15) is 18.0 Å². The molecule has 1 aromatic rings.